The summed E-state index contributed by atoms with van der Waals surface area (Å²) in [5, 5.41) is 5.57. The number of pyridine rings is 1. The van der Waals surface area contributed by atoms with Crippen molar-refractivity contribution in [3.8, 4) is 0 Å². The molecule has 3 rings (SSSR count). The monoisotopic (exact) mass is 266 g/mol. The predicted molar refractivity (Wildman–Crippen MR) is 80.4 cm³/mol. The smallest absolute Gasteiger partial charge is 0.0723 e. The van der Waals surface area contributed by atoms with Crippen LogP contribution < -0.4 is 5.73 Å². The normalized spacial score (nSPS) is 12.8. The zero-order chi connectivity index (χ0) is 14.1. The summed E-state index contributed by atoms with van der Waals surface area (Å²) in [7, 11) is 0. The van der Waals surface area contributed by atoms with Crippen LogP contribution in [0.5, 0.6) is 0 Å². The second-order valence-electron chi connectivity index (χ2n) is 4.96. The van der Waals surface area contributed by atoms with Gasteiger partial charge in [-0.1, -0.05) is 12.1 Å². The zero-order valence-electron chi connectivity index (χ0n) is 11.7. The number of rotatable bonds is 3. The third-order valence-corrected chi connectivity index (χ3v) is 3.54. The van der Waals surface area contributed by atoms with Crippen molar-refractivity contribution in [2.45, 2.75) is 26.4 Å². The van der Waals surface area contributed by atoms with Crippen LogP contribution in [0.15, 0.2) is 42.6 Å². The van der Waals surface area contributed by atoms with Gasteiger partial charge in [0.05, 0.1) is 22.9 Å². The SMILES string of the molecule is CCn1nc(C)cc1C(N)c1ccc2ncccc2c1. The van der Waals surface area contributed by atoms with Crippen LogP contribution in [0.4, 0.5) is 0 Å². The van der Waals surface area contributed by atoms with Crippen molar-refractivity contribution in [2.24, 2.45) is 5.73 Å². The van der Waals surface area contributed by atoms with Gasteiger partial charge in [0.15, 0.2) is 0 Å². The van der Waals surface area contributed by atoms with Gasteiger partial charge in [0, 0.05) is 18.1 Å². The van der Waals surface area contributed by atoms with E-state index in [2.05, 4.69) is 35.2 Å². The second kappa shape index (κ2) is 5.06. The molecule has 4 nitrogen and oxygen atoms in total. The molecule has 0 aliphatic carbocycles. The van der Waals surface area contributed by atoms with E-state index in [4.69, 9.17) is 5.73 Å². The Morgan fingerprint density at radius 1 is 1.25 bits per heavy atom. The molecular weight excluding hydrogens is 248 g/mol. The van der Waals surface area contributed by atoms with Crippen LogP contribution in [0.3, 0.4) is 0 Å². The molecule has 1 unspecified atom stereocenters. The summed E-state index contributed by atoms with van der Waals surface area (Å²) >= 11 is 0. The molecule has 0 spiro atoms. The van der Waals surface area contributed by atoms with Gasteiger partial charge in [-0.25, -0.2) is 0 Å². The molecule has 0 saturated carbocycles. The Hall–Kier alpha value is -2.20. The van der Waals surface area contributed by atoms with Crippen molar-refractivity contribution in [1.82, 2.24) is 14.8 Å². The maximum Gasteiger partial charge on any atom is 0.0723 e. The van der Waals surface area contributed by atoms with E-state index in [0.717, 1.165) is 34.4 Å². The van der Waals surface area contributed by atoms with Crippen LogP contribution in [-0.2, 0) is 6.54 Å². The van der Waals surface area contributed by atoms with Crippen LogP contribution in [0.1, 0.15) is 29.9 Å². The first kappa shape index (κ1) is 12.8. The molecule has 0 bridgehead atoms. The summed E-state index contributed by atoms with van der Waals surface area (Å²) in [6, 6.07) is 12.1. The summed E-state index contributed by atoms with van der Waals surface area (Å²) in [6.45, 7) is 4.89. The molecule has 0 aliphatic rings. The number of aromatic nitrogens is 3. The van der Waals surface area contributed by atoms with Crippen molar-refractivity contribution in [3.63, 3.8) is 0 Å². The number of nitrogens with two attached hydrogens (primary N) is 1. The minimum atomic E-state index is -0.166. The highest BCUT2D eigenvalue weighted by atomic mass is 15.3. The predicted octanol–water partition coefficient (Wildman–Crippen LogP) is 2.81. The lowest BCUT2D eigenvalue weighted by Crippen LogP contribution is -2.17. The lowest BCUT2D eigenvalue weighted by molar-refractivity contribution is 0.597. The average molecular weight is 266 g/mol. The molecule has 2 heterocycles. The fourth-order valence-electron chi connectivity index (χ4n) is 2.53. The van der Waals surface area contributed by atoms with Gasteiger partial charge in [-0.05, 0) is 43.7 Å². The van der Waals surface area contributed by atoms with E-state index in [1.165, 1.54) is 0 Å². The molecule has 102 valence electrons. The third-order valence-electron chi connectivity index (χ3n) is 3.54. The molecule has 4 heteroatoms. The molecule has 0 amide bonds. The minimum absolute atomic E-state index is 0.166. The van der Waals surface area contributed by atoms with Crippen LogP contribution >= 0.6 is 0 Å². The van der Waals surface area contributed by atoms with E-state index in [9.17, 15) is 0 Å². The second-order valence-corrected chi connectivity index (χ2v) is 4.96. The van der Waals surface area contributed by atoms with Gasteiger partial charge >= 0.3 is 0 Å². The standard InChI is InChI=1S/C16H18N4/c1-3-20-15(9-11(2)19-20)16(17)13-6-7-14-12(10-13)5-4-8-18-14/h4-10,16H,3,17H2,1-2H3. The summed E-state index contributed by atoms with van der Waals surface area (Å²) < 4.78 is 1.97. The average Bonchev–Trinajstić information content (AvgIpc) is 2.87. The van der Waals surface area contributed by atoms with Crippen molar-refractivity contribution in [1.29, 1.82) is 0 Å². The Morgan fingerprint density at radius 3 is 2.90 bits per heavy atom. The summed E-state index contributed by atoms with van der Waals surface area (Å²) in [5.74, 6) is 0. The number of hydrogen-bond donors (Lipinski definition) is 1. The Labute approximate surface area is 118 Å². The molecule has 0 aliphatic heterocycles. The Morgan fingerprint density at radius 2 is 2.10 bits per heavy atom. The highest BCUT2D eigenvalue weighted by molar-refractivity contribution is 5.79. The van der Waals surface area contributed by atoms with E-state index in [1.807, 2.05) is 29.8 Å². The maximum absolute atomic E-state index is 6.42. The largest absolute Gasteiger partial charge is 0.319 e. The number of hydrogen-bond acceptors (Lipinski definition) is 3. The van der Waals surface area contributed by atoms with Gasteiger partial charge < -0.3 is 5.73 Å². The zero-order valence-corrected chi connectivity index (χ0v) is 11.7. The third kappa shape index (κ3) is 2.18. The van der Waals surface area contributed by atoms with Crippen LogP contribution in [0, 0.1) is 6.92 Å². The van der Waals surface area contributed by atoms with Crippen molar-refractivity contribution < 1.29 is 0 Å². The summed E-state index contributed by atoms with van der Waals surface area (Å²) in [5.41, 5.74) is 10.5. The molecule has 3 aromatic rings. The first-order valence-electron chi connectivity index (χ1n) is 6.83. The maximum atomic E-state index is 6.42. The first-order chi connectivity index (χ1) is 9.69. The Kier molecular flexibility index (Phi) is 3.24. The fraction of sp³-hybridized carbons (Fsp3) is 0.250. The molecule has 1 aromatic carbocycles. The van der Waals surface area contributed by atoms with Gasteiger partial charge in [-0.15, -0.1) is 0 Å². The molecule has 20 heavy (non-hydrogen) atoms. The van der Waals surface area contributed by atoms with E-state index >= 15 is 0 Å². The van der Waals surface area contributed by atoms with E-state index < -0.39 is 0 Å². The highest BCUT2D eigenvalue weighted by Crippen LogP contribution is 2.23. The lowest BCUT2D eigenvalue weighted by atomic mass is 10.0. The highest BCUT2D eigenvalue weighted by Gasteiger charge is 2.15. The molecule has 1 atom stereocenters. The van der Waals surface area contributed by atoms with Crippen LogP contribution in [0.25, 0.3) is 10.9 Å². The summed E-state index contributed by atoms with van der Waals surface area (Å²) in [6.07, 6.45) is 1.80. The van der Waals surface area contributed by atoms with Crippen molar-refractivity contribution in [3.05, 3.63) is 59.5 Å². The molecule has 2 aromatic heterocycles. The molecule has 0 radical (unpaired) electrons. The fourth-order valence-corrected chi connectivity index (χ4v) is 2.53. The van der Waals surface area contributed by atoms with Crippen molar-refractivity contribution in [2.75, 3.05) is 0 Å². The van der Waals surface area contributed by atoms with Gasteiger partial charge in [0.2, 0.25) is 0 Å². The van der Waals surface area contributed by atoms with Gasteiger partial charge in [-0.2, -0.15) is 5.10 Å². The summed E-state index contributed by atoms with van der Waals surface area (Å²) in [4.78, 5) is 4.33. The number of aryl methyl sites for hydroxylation is 2. The van der Waals surface area contributed by atoms with Crippen LogP contribution in [-0.4, -0.2) is 14.8 Å². The van der Waals surface area contributed by atoms with Crippen LogP contribution in [0.2, 0.25) is 0 Å². The molecule has 0 fully saturated rings. The quantitative estimate of drug-likeness (QED) is 0.793. The van der Waals surface area contributed by atoms with Gasteiger partial charge in [0.1, 0.15) is 0 Å². The number of nitrogens with zero attached hydrogens (tertiary/aromatic N) is 3. The van der Waals surface area contributed by atoms with Gasteiger partial charge in [0.25, 0.3) is 0 Å². The molecule has 2 N–H and O–H groups in total. The number of fused-ring (bicyclic) bond motifs is 1. The Balaban J connectivity index is 2.05. The van der Waals surface area contributed by atoms with E-state index in [1.54, 1.807) is 6.20 Å². The molecule has 0 saturated heterocycles. The lowest BCUT2D eigenvalue weighted by Gasteiger charge is -2.14. The minimum Gasteiger partial charge on any atom is -0.319 e. The van der Waals surface area contributed by atoms with Gasteiger partial charge in [-0.3, -0.25) is 9.67 Å². The first-order valence-corrected chi connectivity index (χ1v) is 6.83. The van der Waals surface area contributed by atoms with Crippen molar-refractivity contribution >= 4 is 10.9 Å². The Bertz CT molecular complexity index is 745. The number of benzene rings is 1. The molecular formula is C16H18N4. The topological polar surface area (TPSA) is 56.7 Å². The van der Waals surface area contributed by atoms with E-state index in [0.29, 0.717) is 0 Å². The van der Waals surface area contributed by atoms with E-state index in [-0.39, 0.29) is 6.04 Å².